The van der Waals surface area contributed by atoms with E-state index in [1.807, 2.05) is 0 Å². The van der Waals surface area contributed by atoms with Gasteiger partial charge in [0.1, 0.15) is 6.54 Å². The summed E-state index contributed by atoms with van der Waals surface area (Å²) in [5.74, 6) is -2.05. The van der Waals surface area contributed by atoms with Crippen LogP contribution in [0.25, 0.3) is 0 Å². The van der Waals surface area contributed by atoms with E-state index >= 15 is 0 Å². The number of carbonyl (C=O) groups excluding carboxylic acids is 2. The van der Waals surface area contributed by atoms with Crippen LogP contribution in [0.3, 0.4) is 0 Å². The molecule has 1 saturated heterocycles. The van der Waals surface area contributed by atoms with Crippen molar-refractivity contribution in [1.29, 1.82) is 0 Å². The highest BCUT2D eigenvalue weighted by molar-refractivity contribution is 8.34. The third kappa shape index (κ3) is 1.62. The summed E-state index contributed by atoms with van der Waals surface area (Å²) in [5, 5.41) is 7.60. The Morgan fingerprint density at radius 3 is 2.50 bits per heavy atom. The topological polar surface area (TPSA) is 74.7 Å². The quantitative estimate of drug-likeness (QED) is 0.482. The number of carbonyl (C=O) groups is 3. The van der Waals surface area contributed by atoms with Gasteiger partial charge >= 0.3 is 11.9 Å². The second-order valence-electron chi connectivity index (χ2n) is 1.94. The fourth-order valence-electron chi connectivity index (χ4n) is 0.643. The predicted molar refractivity (Wildman–Crippen MR) is 44.5 cm³/mol. The number of amides is 1. The van der Waals surface area contributed by atoms with Crippen LogP contribution in [0.1, 0.15) is 0 Å². The standard InChI is InChI=1S/C5H3NO4S2/c7-2(8)1-6-3(9)4(10)12-5(6)11/h1H2,(H,7,8). The zero-order valence-corrected chi connectivity index (χ0v) is 7.28. The van der Waals surface area contributed by atoms with E-state index in [-0.39, 0.29) is 4.32 Å². The van der Waals surface area contributed by atoms with E-state index in [0.29, 0.717) is 11.8 Å². The number of hydrogen-bond acceptors (Lipinski definition) is 5. The Balaban J connectivity index is 2.77. The molecule has 0 aliphatic carbocycles. The van der Waals surface area contributed by atoms with E-state index in [1.54, 1.807) is 0 Å². The summed E-state index contributed by atoms with van der Waals surface area (Å²) in [7, 11) is 0. The number of aliphatic carboxylic acids is 1. The molecule has 1 heterocycles. The van der Waals surface area contributed by atoms with Gasteiger partial charge in [0.25, 0.3) is 5.12 Å². The molecule has 0 radical (unpaired) electrons. The van der Waals surface area contributed by atoms with Crippen LogP contribution >= 0.6 is 24.0 Å². The lowest BCUT2D eigenvalue weighted by atomic mass is 10.5. The first-order valence-corrected chi connectivity index (χ1v) is 4.04. The fraction of sp³-hybridized carbons (Fsp3) is 0.200. The normalized spacial score (nSPS) is 17.3. The lowest BCUT2D eigenvalue weighted by Gasteiger charge is -2.08. The molecule has 0 aromatic rings. The van der Waals surface area contributed by atoms with E-state index < -0.39 is 23.5 Å². The molecule has 0 atom stereocenters. The maximum Gasteiger partial charge on any atom is 0.323 e. The Bertz CT molecular complexity index is 287. The van der Waals surface area contributed by atoms with Crippen LogP contribution in [0.15, 0.2) is 0 Å². The Morgan fingerprint density at radius 1 is 1.58 bits per heavy atom. The van der Waals surface area contributed by atoms with Crippen LogP contribution in [-0.2, 0) is 14.4 Å². The van der Waals surface area contributed by atoms with Crippen LogP contribution in [-0.4, -0.2) is 37.9 Å². The summed E-state index contributed by atoms with van der Waals surface area (Å²) in [6, 6.07) is 0. The highest BCUT2D eigenvalue weighted by atomic mass is 32.2. The van der Waals surface area contributed by atoms with E-state index in [9.17, 15) is 14.4 Å². The molecule has 0 spiro atoms. The molecule has 0 aromatic heterocycles. The second-order valence-corrected chi connectivity index (χ2v) is 3.55. The molecule has 1 amide bonds. The predicted octanol–water partition coefficient (Wildman–Crippen LogP) is -0.542. The van der Waals surface area contributed by atoms with Crippen molar-refractivity contribution in [1.82, 2.24) is 4.90 Å². The van der Waals surface area contributed by atoms with E-state index in [1.165, 1.54) is 0 Å². The number of thioether (sulfide) groups is 1. The average Bonchev–Trinajstić information content (AvgIpc) is 2.16. The number of hydrogen-bond donors (Lipinski definition) is 1. The zero-order valence-electron chi connectivity index (χ0n) is 5.64. The second kappa shape index (κ2) is 3.20. The summed E-state index contributed by atoms with van der Waals surface area (Å²) in [6.07, 6.45) is 0. The Kier molecular flexibility index (Phi) is 2.43. The lowest BCUT2D eigenvalue weighted by molar-refractivity contribution is -0.143. The maximum atomic E-state index is 10.9. The minimum absolute atomic E-state index is 0.00685. The van der Waals surface area contributed by atoms with Crippen LogP contribution in [0, 0.1) is 0 Å². The van der Waals surface area contributed by atoms with Crippen molar-refractivity contribution in [2.45, 2.75) is 0 Å². The van der Waals surface area contributed by atoms with Gasteiger partial charge in [-0.05, 0) is 11.8 Å². The molecule has 7 heteroatoms. The van der Waals surface area contributed by atoms with Crippen molar-refractivity contribution >= 4 is 45.3 Å². The molecule has 5 nitrogen and oxygen atoms in total. The smallest absolute Gasteiger partial charge is 0.323 e. The highest BCUT2D eigenvalue weighted by Crippen LogP contribution is 2.20. The molecule has 0 aromatic carbocycles. The number of rotatable bonds is 2. The Labute approximate surface area is 76.7 Å². The minimum Gasteiger partial charge on any atom is -0.480 e. The summed E-state index contributed by atoms with van der Waals surface area (Å²) < 4.78 is 0.00685. The highest BCUT2D eigenvalue weighted by Gasteiger charge is 2.36. The van der Waals surface area contributed by atoms with Crippen molar-refractivity contribution in [2.75, 3.05) is 6.54 Å². The van der Waals surface area contributed by atoms with Gasteiger partial charge in [0.2, 0.25) is 0 Å². The molecule has 12 heavy (non-hydrogen) atoms. The third-order valence-corrected chi connectivity index (χ3v) is 2.34. The number of carboxylic acids is 1. The van der Waals surface area contributed by atoms with Gasteiger partial charge in [0.05, 0.1) is 0 Å². The Hall–Kier alpha value is -0.950. The first-order chi connectivity index (χ1) is 5.52. The first kappa shape index (κ1) is 9.14. The van der Waals surface area contributed by atoms with Crippen molar-refractivity contribution < 1.29 is 19.5 Å². The zero-order chi connectivity index (χ0) is 9.30. The van der Waals surface area contributed by atoms with Crippen LogP contribution in [0.5, 0.6) is 0 Å². The summed E-state index contributed by atoms with van der Waals surface area (Å²) in [5.41, 5.74) is 0. The fourth-order valence-corrected chi connectivity index (χ4v) is 1.63. The van der Waals surface area contributed by atoms with Gasteiger partial charge < -0.3 is 5.11 Å². The van der Waals surface area contributed by atoms with Crippen LogP contribution in [0.4, 0.5) is 0 Å². The van der Waals surface area contributed by atoms with Crippen LogP contribution < -0.4 is 0 Å². The molecule has 64 valence electrons. The molecule has 1 aliphatic heterocycles. The minimum atomic E-state index is -1.19. The molecule has 1 fully saturated rings. The number of carboxylic acid groups (broad SMARTS) is 1. The molecular weight excluding hydrogens is 202 g/mol. The maximum absolute atomic E-state index is 10.9. The third-order valence-electron chi connectivity index (χ3n) is 1.11. The first-order valence-electron chi connectivity index (χ1n) is 2.82. The molecule has 1 N–H and O–H groups in total. The van der Waals surface area contributed by atoms with Crippen molar-refractivity contribution in [3.8, 4) is 0 Å². The molecular formula is C5H3NO4S2. The monoisotopic (exact) mass is 205 g/mol. The van der Waals surface area contributed by atoms with E-state index in [0.717, 1.165) is 4.90 Å². The summed E-state index contributed by atoms with van der Waals surface area (Å²) in [4.78, 5) is 32.5. The summed E-state index contributed by atoms with van der Waals surface area (Å²) in [6.45, 7) is -0.545. The Morgan fingerprint density at radius 2 is 2.17 bits per heavy atom. The van der Waals surface area contributed by atoms with Gasteiger partial charge in [-0.2, -0.15) is 0 Å². The van der Waals surface area contributed by atoms with E-state index in [2.05, 4.69) is 12.2 Å². The van der Waals surface area contributed by atoms with Gasteiger partial charge in [0, 0.05) is 0 Å². The average molecular weight is 205 g/mol. The van der Waals surface area contributed by atoms with Crippen LogP contribution in [0.2, 0.25) is 0 Å². The molecule has 0 unspecified atom stereocenters. The number of thiocarbonyl (C=S) groups is 1. The van der Waals surface area contributed by atoms with E-state index in [4.69, 9.17) is 5.11 Å². The molecule has 1 aliphatic rings. The van der Waals surface area contributed by atoms with Gasteiger partial charge in [0.15, 0.2) is 4.32 Å². The molecule has 1 rings (SSSR count). The largest absolute Gasteiger partial charge is 0.480 e. The van der Waals surface area contributed by atoms with Gasteiger partial charge in [-0.1, -0.05) is 12.2 Å². The van der Waals surface area contributed by atoms with Crippen molar-refractivity contribution in [3.63, 3.8) is 0 Å². The number of nitrogens with zero attached hydrogens (tertiary/aromatic N) is 1. The van der Waals surface area contributed by atoms with Crippen molar-refractivity contribution in [3.05, 3.63) is 0 Å². The summed E-state index contributed by atoms with van der Waals surface area (Å²) >= 11 is 5.18. The lowest BCUT2D eigenvalue weighted by Crippen LogP contribution is -2.34. The molecule has 0 saturated carbocycles. The molecule has 0 bridgehead atoms. The van der Waals surface area contributed by atoms with Gasteiger partial charge in [-0.25, -0.2) is 0 Å². The van der Waals surface area contributed by atoms with Gasteiger partial charge in [-0.15, -0.1) is 0 Å². The van der Waals surface area contributed by atoms with Gasteiger partial charge in [-0.3, -0.25) is 19.3 Å². The SMILES string of the molecule is O=C(O)CN1C(=O)C(=O)SC1=S. The van der Waals surface area contributed by atoms with Crippen molar-refractivity contribution in [2.24, 2.45) is 0 Å².